The molecule has 0 N–H and O–H groups in total. The second-order valence-corrected chi connectivity index (χ2v) is 3.87. The predicted molar refractivity (Wildman–Crippen MR) is 53.1 cm³/mol. The van der Waals surface area contributed by atoms with Gasteiger partial charge in [-0.15, -0.1) is 0 Å². The molecule has 0 fully saturated rings. The molecule has 3 heteroatoms. The van der Waals surface area contributed by atoms with Crippen LogP contribution in [0.3, 0.4) is 0 Å². The van der Waals surface area contributed by atoms with Crippen LogP contribution < -0.4 is 5.11 Å². The molecule has 0 amide bonds. The van der Waals surface area contributed by atoms with E-state index in [1.165, 1.54) is 30.4 Å². The van der Waals surface area contributed by atoms with Crippen molar-refractivity contribution in [2.75, 3.05) is 27.2 Å². The molecule has 0 saturated carbocycles. The Morgan fingerprint density at radius 1 is 1.15 bits per heavy atom. The molecule has 0 aromatic rings. The van der Waals surface area contributed by atoms with E-state index in [0.717, 1.165) is 6.92 Å². The van der Waals surface area contributed by atoms with Crippen LogP contribution in [0.5, 0.6) is 0 Å². The van der Waals surface area contributed by atoms with E-state index >= 15 is 0 Å². The van der Waals surface area contributed by atoms with Gasteiger partial charge in [0.15, 0.2) is 0 Å². The van der Waals surface area contributed by atoms with E-state index in [-0.39, 0.29) is 0 Å². The first-order valence-electron chi connectivity index (χ1n) is 4.85. The van der Waals surface area contributed by atoms with Gasteiger partial charge in [0, 0.05) is 5.97 Å². The maximum atomic E-state index is 8.89. The van der Waals surface area contributed by atoms with Gasteiger partial charge < -0.3 is 14.4 Å². The molecule has 0 bridgehead atoms. The number of hydrogen-bond donors (Lipinski definition) is 0. The molecule has 0 aromatic heterocycles. The van der Waals surface area contributed by atoms with Crippen LogP contribution in [0.2, 0.25) is 0 Å². The van der Waals surface area contributed by atoms with E-state index in [0.29, 0.717) is 0 Å². The van der Waals surface area contributed by atoms with Gasteiger partial charge in [-0.25, -0.2) is 0 Å². The van der Waals surface area contributed by atoms with Crippen LogP contribution in [0.1, 0.15) is 33.6 Å². The van der Waals surface area contributed by atoms with Crippen LogP contribution in [0, 0.1) is 0 Å². The lowest BCUT2D eigenvalue weighted by atomic mass is 10.3. The summed E-state index contributed by atoms with van der Waals surface area (Å²) in [6.45, 7) is 8.09. The largest absolute Gasteiger partial charge is 0.550 e. The van der Waals surface area contributed by atoms with Gasteiger partial charge in [0.05, 0.1) is 27.2 Å². The highest BCUT2D eigenvalue weighted by Gasteiger charge is 2.09. The number of aliphatic carboxylic acids is 1. The molecule has 3 nitrogen and oxygen atoms in total. The van der Waals surface area contributed by atoms with Crippen molar-refractivity contribution in [3.63, 3.8) is 0 Å². The molecule has 0 unspecified atom stereocenters. The Bertz CT molecular complexity index is 121. The summed E-state index contributed by atoms with van der Waals surface area (Å²) in [5.41, 5.74) is 0. The van der Waals surface area contributed by atoms with Crippen LogP contribution in [-0.2, 0) is 4.79 Å². The van der Waals surface area contributed by atoms with Crippen molar-refractivity contribution < 1.29 is 14.4 Å². The molecular formula is C10H23NO2. The van der Waals surface area contributed by atoms with E-state index in [9.17, 15) is 0 Å². The summed E-state index contributed by atoms with van der Waals surface area (Å²) in [5, 5.41) is 8.89. The van der Waals surface area contributed by atoms with Crippen molar-refractivity contribution in [1.82, 2.24) is 0 Å². The average Bonchev–Trinajstić information content (AvgIpc) is 1.84. The first-order valence-corrected chi connectivity index (χ1v) is 4.85. The zero-order valence-corrected chi connectivity index (χ0v) is 9.59. The Labute approximate surface area is 82.0 Å². The molecule has 0 saturated heterocycles. The lowest BCUT2D eigenvalue weighted by Crippen LogP contribution is -2.40. The summed E-state index contributed by atoms with van der Waals surface area (Å²) in [6.07, 6.45) is 2.60. The second kappa shape index (κ2) is 8.05. The summed E-state index contributed by atoms with van der Waals surface area (Å²) in [6, 6.07) is 0. The van der Waals surface area contributed by atoms with Crippen molar-refractivity contribution in [3.05, 3.63) is 0 Å². The van der Waals surface area contributed by atoms with Gasteiger partial charge >= 0.3 is 0 Å². The Morgan fingerprint density at radius 3 is 1.54 bits per heavy atom. The Balaban J connectivity index is 0. The standard InChI is InChI=1S/C8H20N.C2H4O2/c1-5-7-9(3,4)8-6-2;1-2(3)4/h5-8H2,1-4H3;1H3,(H,3,4)/q+1;/p-1. The molecule has 13 heavy (non-hydrogen) atoms. The third kappa shape index (κ3) is 18.4. The van der Waals surface area contributed by atoms with Gasteiger partial charge in [-0.3, -0.25) is 0 Å². The molecule has 80 valence electrons. The molecule has 0 aromatic carbocycles. The molecule has 0 aliphatic heterocycles. The van der Waals surface area contributed by atoms with E-state index in [2.05, 4.69) is 27.9 Å². The van der Waals surface area contributed by atoms with Crippen LogP contribution >= 0.6 is 0 Å². The lowest BCUT2D eigenvalue weighted by molar-refractivity contribution is -0.890. The molecular weight excluding hydrogens is 166 g/mol. The Hall–Kier alpha value is -0.570. The summed E-state index contributed by atoms with van der Waals surface area (Å²) >= 11 is 0. The minimum Gasteiger partial charge on any atom is -0.550 e. The number of hydrogen-bond acceptors (Lipinski definition) is 2. The number of nitrogens with zero attached hydrogens (tertiary/aromatic N) is 1. The minimum atomic E-state index is -1.08. The topological polar surface area (TPSA) is 40.1 Å². The first-order chi connectivity index (χ1) is 5.85. The molecule has 0 heterocycles. The molecule has 0 rings (SSSR count). The monoisotopic (exact) mass is 189 g/mol. The van der Waals surface area contributed by atoms with Crippen molar-refractivity contribution in [2.24, 2.45) is 0 Å². The van der Waals surface area contributed by atoms with E-state index in [1.54, 1.807) is 0 Å². The van der Waals surface area contributed by atoms with E-state index < -0.39 is 5.97 Å². The Kier molecular flexibility index (Phi) is 9.24. The Morgan fingerprint density at radius 2 is 1.38 bits per heavy atom. The first kappa shape index (κ1) is 14.9. The zero-order chi connectivity index (χ0) is 10.9. The third-order valence-corrected chi connectivity index (χ3v) is 1.66. The van der Waals surface area contributed by atoms with Crippen molar-refractivity contribution >= 4 is 5.97 Å². The third-order valence-electron chi connectivity index (χ3n) is 1.66. The van der Waals surface area contributed by atoms with Crippen LogP contribution in [0.15, 0.2) is 0 Å². The maximum absolute atomic E-state index is 8.89. The number of carbonyl (C=O) groups is 1. The number of carbonyl (C=O) groups excluding carboxylic acids is 1. The van der Waals surface area contributed by atoms with Crippen molar-refractivity contribution in [3.8, 4) is 0 Å². The van der Waals surface area contributed by atoms with Crippen LogP contribution in [-0.4, -0.2) is 37.6 Å². The summed E-state index contributed by atoms with van der Waals surface area (Å²) in [7, 11) is 4.60. The van der Waals surface area contributed by atoms with Gasteiger partial charge in [0.25, 0.3) is 0 Å². The predicted octanol–water partition coefficient (Wildman–Crippen LogP) is 0.639. The summed E-state index contributed by atoms with van der Waals surface area (Å²) < 4.78 is 1.19. The fraction of sp³-hybridized carbons (Fsp3) is 0.900. The molecule has 0 radical (unpaired) electrons. The molecule has 0 spiro atoms. The van der Waals surface area contributed by atoms with Crippen molar-refractivity contribution in [1.29, 1.82) is 0 Å². The number of carboxylic acids is 1. The zero-order valence-electron chi connectivity index (χ0n) is 9.59. The highest BCUT2D eigenvalue weighted by Crippen LogP contribution is 1.99. The van der Waals surface area contributed by atoms with Gasteiger partial charge in [0.1, 0.15) is 0 Å². The lowest BCUT2D eigenvalue weighted by Gasteiger charge is -2.28. The van der Waals surface area contributed by atoms with E-state index in [4.69, 9.17) is 9.90 Å². The summed E-state index contributed by atoms with van der Waals surface area (Å²) in [5.74, 6) is -1.08. The van der Waals surface area contributed by atoms with Crippen molar-refractivity contribution in [2.45, 2.75) is 33.6 Å². The SMILES string of the molecule is CC(=O)[O-].CCC[N+](C)(C)CCC. The summed E-state index contributed by atoms with van der Waals surface area (Å²) in [4.78, 5) is 8.89. The second-order valence-electron chi connectivity index (χ2n) is 3.87. The van der Waals surface area contributed by atoms with Gasteiger partial charge in [-0.1, -0.05) is 13.8 Å². The minimum absolute atomic E-state index is 0.972. The van der Waals surface area contributed by atoms with Crippen LogP contribution in [0.25, 0.3) is 0 Å². The molecule has 0 aliphatic rings. The molecule has 0 aliphatic carbocycles. The number of carboxylic acid groups (broad SMARTS) is 1. The highest BCUT2D eigenvalue weighted by molar-refractivity contribution is 5.60. The fourth-order valence-corrected chi connectivity index (χ4v) is 1.32. The van der Waals surface area contributed by atoms with E-state index in [1.807, 2.05) is 0 Å². The smallest absolute Gasteiger partial charge is 0.0779 e. The van der Waals surface area contributed by atoms with Gasteiger partial charge in [-0.05, 0) is 19.8 Å². The normalized spacial score (nSPS) is 10.2. The van der Waals surface area contributed by atoms with Gasteiger partial charge in [-0.2, -0.15) is 0 Å². The average molecular weight is 189 g/mol. The quantitative estimate of drug-likeness (QED) is 0.609. The molecule has 0 atom stereocenters. The number of quaternary nitrogens is 1. The fourth-order valence-electron chi connectivity index (χ4n) is 1.32. The van der Waals surface area contributed by atoms with Gasteiger partial charge in [0.2, 0.25) is 0 Å². The van der Waals surface area contributed by atoms with Crippen LogP contribution in [0.4, 0.5) is 0 Å². The number of rotatable bonds is 4. The highest BCUT2D eigenvalue weighted by atomic mass is 16.4. The maximum Gasteiger partial charge on any atom is 0.0779 e.